The van der Waals surface area contributed by atoms with Gasteiger partial charge in [0.2, 0.25) is 12.7 Å². The van der Waals surface area contributed by atoms with Gasteiger partial charge >= 0.3 is 0 Å². The number of rotatable bonds is 10. The lowest BCUT2D eigenvalue weighted by Crippen LogP contribution is -2.43. The van der Waals surface area contributed by atoms with E-state index >= 15 is 0 Å². The summed E-state index contributed by atoms with van der Waals surface area (Å²) in [5.74, 6) is 0.790. The minimum Gasteiger partial charge on any atom is -0.467 e. The summed E-state index contributed by atoms with van der Waals surface area (Å²) in [4.78, 5) is 29.5. The van der Waals surface area contributed by atoms with Crippen molar-refractivity contribution in [2.24, 2.45) is 0 Å². The molecule has 1 aliphatic heterocycles. The predicted octanol–water partition coefficient (Wildman–Crippen LogP) is 3.47. The first-order valence-corrected chi connectivity index (χ1v) is 10.8. The maximum Gasteiger partial charge on any atom is 0.254 e. The highest BCUT2D eigenvalue weighted by Gasteiger charge is 2.24. The molecule has 2 aromatic carbocycles. The van der Waals surface area contributed by atoms with Crippen LogP contribution in [0.2, 0.25) is 0 Å². The zero-order valence-corrected chi connectivity index (χ0v) is 18.7. The van der Waals surface area contributed by atoms with Gasteiger partial charge in [0.05, 0.1) is 19.4 Å². The van der Waals surface area contributed by atoms with Crippen molar-refractivity contribution in [2.45, 2.75) is 13.1 Å². The predicted molar refractivity (Wildman–Crippen MR) is 120 cm³/mol. The highest BCUT2D eigenvalue weighted by atomic mass is 19.1. The van der Waals surface area contributed by atoms with Crippen molar-refractivity contribution in [1.82, 2.24) is 9.80 Å². The molecular weight excluding hydrogens is 443 g/mol. The van der Waals surface area contributed by atoms with Gasteiger partial charge < -0.3 is 28.4 Å². The highest BCUT2D eigenvalue weighted by molar-refractivity contribution is 5.96. The smallest absolute Gasteiger partial charge is 0.254 e. The Bertz CT molecular complexity index is 1120. The van der Waals surface area contributed by atoms with Crippen LogP contribution in [0.5, 0.6) is 11.5 Å². The number of benzene rings is 2. The zero-order chi connectivity index (χ0) is 23.9. The lowest BCUT2D eigenvalue weighted by molar-refractivity contribution is -0.133. The molecule has 0 radical (unpaired) electrons. The van der Waals surface area contributed by atoms with Crippen LogP contribution in [0, 0.1) is 5.82 Å². The molecular formula is C25H25FN2O6. The van der Waals surface area contributed by atoms with Crippen LogP contribution in [0.25, 0.3) is 0 Å². The van der Waals surface area contributed by atoms with Crippen molar-refractivity contribution < 1.29 is 32.6 Å². The van der Waals surface area contributed by atoms with E-state index in [0.717, 1.165) is 5.56 Å². The molecule has 0 spiro atoms. The molecule has 0 fully saturated rings. The van der Waals surface area contributed by atoms with E-state index in [-0.39, 0.29) is 51.4 Å². The van der Waals surface area contributed by atoms with Crippen molar-refractivity contribution in [3.05, 3.63) is 83.6 Å². The van der Waals surface area contributed by atoms with Crippen LogP contribution in [-0.2, 0) is 22.6 Å². The molecule has 0 aliphatic carbocycles. The van der Waals surface area contributed by atoms with E-state index in [0.29, 0.717) is 22.8 Å². The number of amides is 2. The van der Waals surface area contributed by atoms with Gasteiger partial charge in [0, 0.05) is 25.8 Å². The van der Waals surface area contributed by atoms with Crippen molar-refractivity contribution >= 4 is 11.8 Å². The van der Waals surface area contributed by atoms with Crippen LogP contribution < -0.4 is 9.47 Å². The molecule has 0 unspecified atom stereocenters. The molecule has 0 atom stereocenters. The Kier molecular flexibility index (Phi) is 7.44. The number of hydrogen-bond acceptors (Lipinski definition) is 6. The van der Waals surface area contributed by atoms with Crippen molar-refractivity contribution in [3.63, 3.8) is 0 Å². The Balaban J connectivity index is 1.53. The summed E-state index contributed by atoms with van der Waals surface area (Å²) < 4.78 is 34.7. The second kappa shape index (κ2) is 10.8. The molecule has 1 aliphatic rings. The maximum atomic E-state index is 13.4. The maximum absolute atomic E-state index is 13.4. The van der Waals surface area contributed by atoms with E-state index in [2.05, 4.69) is 0 Å². The number of methoxy groups -OCH3 is 1. The fraction of sp³-hybridized carbons (Fsp3) is 0.280. The zero-order valence-electron chi connectivity index (χ0n) is 18.7. The Hall–Kier alpha value is -3.85. The lowest BCUT2D eigenvalue weighted by Gasteiger charge is -2.27. The average Bonchev–Trinajstić information content (AvgIpc) is 3.53. The number of nitrogens with zero attached hydrogens (tertiary/aromatic N) is 2. The molecule has 8 nitrogen and oxygen atoms in total. The van der Waals surface area contributed by atoms with Crippen LogP contribution in [0.3, 0.4) is 0 Å². The molecule has 178 valence electrons. The number of carbonyl (C=O) groups is 2. The SMILES string of the molecule is COCCN(CC(=O)N(Cc1ccc2c(c1)OCO2)Cc1ccco1)C(=O)c1ccc(F)cc1. The Morgan fingerprint density at radius 3 is 2.53 bits per heavy atom. The van der Waals surface area contributed by atoms with Gasteiger partial charge in [-0.2, -0.15) is 0 Å². The van der Waals surface area contributed by atoms with Gasteiger partial charge in [-0.05, 0) is 54.1 Å². The molecule has 34 heavy (non-hydrogen) atoms. The van der Waals surface area contributed by atoms with E-state index in [1.807, 2.05) is 12.1 Å². The second-order valence-electron chi connectivity index (χ2n) is 7.74. The molecule has 4 rings (SSSR count). The Labute approximate surface area is 196 Å². The number of hydrogen-bond donors (Lipinski definition) is 0. The summed E-state index contributed by atoms with van der Waals surface area (Å²) in [6.45, 7) is 0.943. The summed E-state index contributed by atoms with van der Waals surface area (Å²) >= 11 is 0. The minimum atomic E-state index is -0.440. The summed E-state index contributed by atoms with van der Waals surface area (Å²) in [7, 11) is 1.52. The molecule has 2 amide bonds. The molecule has 3 aromatic rings. The molecule has 0 bridgehead atoms. The van der Waals surface area contributed by atoms with E-state index in [9.17, 15) is 14.0 Å². The monoisotopic (exact) mass is 468 g/mol. The van der Waals surface area contributed by atoms with Crippen LogP contribution in [0.15, 0.2) is 65.3 Å². The van der Waals surface area contributed by atoms with Crippen LogP contribution in [-0.4, -0.2) is 55.2 Å². The molecule has 9 heteroatoms. The molecule has 2 heterocycles. The second-order valence-corrected chi connectivity index (χ2v) is 7.74. The number of halogens is 1. The molecule has 0 saturated heterocycles. The third kappa shape index (κ3) is 5.74. The first kappa shape index (κ1) is 23.3. The van der Waals surface area contributed by atoms with E-state index in [1.165, 1.54) is 36.3 Å². The van der Waals surface area contributed by atoms with Gasteiger partial charge in [0.25, 0.3) is 5.91 Å². The average molecular weight is 468 g/mol. The molecule has 0 saturated carbocycles. The third-order valence-corrected chi connectivity index (χ3v) is 5.36. The Morgan fingerprint density at radius 2 is 1.79 bits per heavy atom. The summed E-state index contributed by atoms with van der Waals surface area (Å²) in [6.07, 6.45) is 1.54. The first-order chi connectivity index (χ1) is 16.5. The van der Waals surface area contributed by atoms with Gasteiger partial charge in [0.15, 0.2) is 11.5 Å². The third-order valence-electron chi connectivity index (χ3n) is 5.36. The first-order valence-electron chi connectivity index (χ1n) is 10.8. The Morgan fingerprint density at radius 1 is 1.00 bits per heavy atom. The molecule has 1 aromatic heterocycles. The van der Waals surface area contributed by atoms with Crippen molar-refractivity contribution in [2.75, 3.05) is 33.6 Å². The topological polar surface area (TPSA) is 81.5 Å². The van der Waals surface area contributed by atoms with Gasteiger partial charge in [-0.25, -0.2) is 4.39 Å². The summed E-state index contributed by atoms with van der Waals surface area (Å²) in [6, 6.07) is 14.3. The number of fused-ring (bicyclic) bond motifs is 1. The number of carbonyl (C=O) groups excluding carboxylic acids is 2. The van der Waals surface area contributed by atoms with E-state index in [4.69, 9.17) is 18.6 Å². The van der Waals surface area contributed by atoms with Crippen LogP contribution >= 0.6 is 0 Å². The van der Waals surface area contributed by atoms with Gasteiger partial charge in [0.1, 0.15) is 18.1 Å². The van der Waals surface area contributed by atoms with Crippen molar-refractivity contribution in [3.8, 4) is 11.5 Å². The summed E-state index contributed by atoms with van der Waals surface area (Å²) in [5.41, 5.74) is 1.14. The van der Waals surface area contributed by atoms with E-state index in [1.54, 1.807) is 29.4 Å². The number of furan rings is 1. The highest BCUT2D eigenvalue weighted by Crippen LogP contribution is 2.33. The summed E-state index contributed by atoms with van der Waals surface area (Å²) in [5, 5.41) is 0. The fourth-order valence-corrected chi connectivity index (χ4v) is 3.57. The van der Waals surface area contributed by atoms with Crippen LogP contribution in [0.1, 0.15) is 21.7 Å². The molecule has 0 N–H and O–H groups in total. The van der Waals surface area contributed by atoms with Gasteiger partial charge in [-0.1, -0.05) is 6.07 Å². The lowest BCUT2D eigenvalue weighted by atomic mass is 10.1. The standard InChI is InChI=1S/C25H25FN2O6/c1-31-12-10-27(25(30)19-5-7-20(26)8-6-19)16-24(29)28(15-21-3-2-11-32-21)14-18-4-9-22-23(13-18)34-17-33-22/h2-9,11,13H,10,12,14-17H2,1H3. The van der Waals surface area contributed by atoms with E-state index < -0.39 is 5.82 Å². The van der Waals surface area contributed by atoms with Crippen molar-refractivity contribution in [1.29, 1.82) is 0 Å². The fourth-order valence-electron chi connectivity index (χ4n) is 3.57. The van der Waals surface area contributed by atoms with Crippen LogP contribution in [0.4, 0.5) is 4.39 Å². The quantitative estimate of drug-likeness (QED) is 0.453. The van der Waals surface area contributed by atoms with Gasteiger partial charge in [-0.3, -0.25) is 9.59 Å². The normalized spacial score (nSPS) is 11.9. The largest absolute Gasteiger partial charge is 0.467 e. The number of ether oxygens (including phenoxy) is 3. The van der Waals surface area contributed by atoms with Gasteiger partial charge in [-0.15, -0.1) is 0 Å². The minimum absolute atomic E-state index is 0.160.